The van der Waals surface area contributed by atoms with Crippen molar-refractivity contribution < 1.29 is 49.0 Å². The summed E-state index contributed by atoms with van der Waals surface area (Å²) in [6.07, 6.45) is 44.6. The van der Waals surface area contributed by atoms with Crippen molar-refractivity contribution in [2.75, 3.05) is 19.8 Å². The molecule has 2 unspecified atom stereocenters. The highest BCUT2D eigenvalue weighted by Crippen LogP contribution is 2.23. The molecule has 4 N–H and O–H groups in total. The lowest BCUT2D eigenvalue weighted by Gasteiger charge is -2.39. The van der Waals surface area contributed by atoms with Gasteiger partial charge in [-0.3, -0.25) is 9.59 Å². The summed E-state index contributed by atoms with van der Waals surface area (Å²) in [6, 6.07) is 0. The minimum atomic E-state index is -1.60. The summed E-state index contributed by atoms with van der Waals surface area (Å²) in [5.41, 5.74) is 0. The third-order valence-corrected chi connectivity index (χ3v) is 12.0. The number of allylic oxidation sites excluding steroid dienone is 6. The van der Waals surface area contributed by atoms with Crippen LogP contribution in [0.5, 0.6) is 0 Å². The van der Waals surface area contributed by atoms with Crippen molar-refractivity contribution in [3.8, 4) is 0 Å². The van der Waals surface area contributed by atoms with Gasteiger partial charge < -0.3 is 39.4 Å². The average molecular weight is 893 g/mol. The summed E-state index contributed by atoms with van der Waals surface area (Å²) in [4.78, 5) is 25.4. The van der Waals surface area contributed by atoms with Crippen molar-refractivity contribution in [2.45, 2.75) is 269 Å². The van der Waals surface area contributed by atoms with E-state index < -0.39 is 55.4 Å². The van der Waals surface area contributed by atoms with Gasteiger partial charge in [-0.15, -0.1) is 0 Å². The molecule has 1 saturated heterocycles. The van der Waals surface area contributed by atoms with Gasteiger partial charge in [-0.05, 0) is 70.6 Å². The van der Waals surface area contributed by atoms with E-state index in [4.69, 9.17) is 18.9 Å². The number of aliphatic hydroxyl groups is 4. The van der Waals surface area contributed by atoms with E-state index in [1.807, 2.05) is 0 Å². The first-order valence-corrected chi connectivity index (χ1v) is 26.1. The Hall–Kier alpha value is -2.08. The first-order valence-electron chi connectivity index (χ1n) is 26.1. The lowest BCUT2D eigenvalue weighted by molar-refractivity contribution is -0.305. The Bertz CT molecular complexity index is 1120. The van der Waals surface area contributed by atoms with Gasteiger partial charge in [0, 0.05) is 12.8 Å². The molecule has 1 fully saturated rings. The smallest absolute Gasteiger partial charge is 0.306 e. The number of aliphatic hydroxyl groups excluding tert-OH is 4. The SMILES string of the molecule is CCCCCCCCCC/C=C/CCCCCC(=O)OC[C@H](CO[C@@H]1O[C@H](CO)[C@H](O)C(O)C1O)OC(=O)CCC/C=C/CC/C=C/CCCCCCCCCCCCCCCC. The Labute approximate surface area is 385 Å². The number of esters is 2. The number of carbonyl (C=O) groups excluding carboxylic acids is 2. The zero-order valence-electron chi connectivity index (χ0n) is 40.3. The fourth-order valence-electron chi connectivity index (χ4n) is 7.85. The highest BCUT2D eigenvalue weighted by molar-refractivity contribution is 5.70. The topological polar surface area (TPSA) is 152 Å². The minimum Gasteiger partial charge on any atom is -0.462 e. The molecular formula is C53H96O10. The van der Waals surface area contributed by atoms with Gasteiger partial charge in [0.25, 0.3) is 0 Å². The summed E-state index contributed by atoms with van der Waals surface area (Å²) in [5, 5.41) is 40.2. The molecule has 0 aliphatic carbocycles. The second-order valence-corrected chi connectivity index (χ2v) is 18.0. The maximum absolute atomic E-state index is 12.8. The molecule has 1 aliphatic rings. The number of hydrogen-bond acceptors (Lipinski definition) is 10. The van der Waals surface area contributed by atoms with Crippen molar-refractivity contribution in [1.29, 1.82) is 0 Å². The van der Waals surface area contributed by atoms with E-state index in [2.05, 4.69) is 50.3 Å². The Balaban J connectivity index is 2.28. The molecule has 10 heteroatoms. The van der Waals surface area contributed by atoms with Gasteiger partial charge in [0.05, 0.1) is 13.2 Å². The molecule has 0 amide bonds. The molecule has 63 heavy (non-hydrogen) atoms. The molecular weight excluding hydrogens is 797 g/mol. The fraction of sp³-hybridized carbons (Fsp3) is 0.849. The van der Waals surface area contributed by atoms with Gasteiger partial charge in [-0.2, -0.15) is 0 Å². The lowest BCUT2D eigenvalue weighted by Crippen LogP contribution is -2.59. The molecule has 1 aliphatic heterocycles. The fourth-order valence-corrected chi connectivity index (χ4v) is 7.85. The predicted octanol–water partition coefficient (Wildman–Crippen LogP) is 12.2. The van der Waals surface area contributed by atoms with E-state index in [-0.39, 0.29) is 26.1 Å². The standard InChI is InChI=1S/C53H96O10/c1-3-5-7-9-11-13-15-17-19-20-21-22-23-24-25-26-28-30-32-34-36-38-40-42-49(56)62-46(45-61-53-52(59)51(58)50(57)47(43-54)63-53)44-60-48(55)41-39-37-35-33-31-29-27-18-16-14-12-10-8-6-4-2/h26,28-29,31,34,36,46-47,50-54,57-59H,3-25,27,30,32-33,35,37-45H2,1-2H3/b28-26+,31-29+,36-34+/t46-,47-,50+,51?,52?,53-/m1/s1. The third kappa shape index (κ3) is 34.9. The molecule has 1 rings (SSSR count). The van der Waals surface area contributed by atoms with Crippen molar-refractivity contribution in [1.82, 2.24) is 0 Å². The Morgan fingerprint density at radius 2 is 0.873 bits per heavy atom. The van der Waals surface area contributed by atoms with Crippen LogP contribution < -0.4 is 0 Å². The second kappa shape index (κ2) is 43.8. The number of ether oxygens (including phenoxy) is 4. The van der Waals surface area contributed by atoms with E-state index in [9.17, 15) is 30.0 Å². The molecule has 10 nitrogen and oxygen atoms in total. The Kier molecular flexibility index (Phi) is 41.0. The molecule has 0 bridgehead atoms. The van der Waals surface area contributed by atoms with Crippen molar-refractivity contribution in [3.63, 3.8) is 0 Å². The van der Waals surface area contributed by atoms with Crippen LogP contribution in [-0.2, 0) is 28.5 Å². The largest absolute Gasteiger partial charge is 0.462 e. The van der Waals surface area contributed by atoms with Crippen molar-refractivity contribution >= 4 is 11.9 Å². The molecule has 0 aromatic carbocycles. The number of hydrogen-bond donors (Lipinski definition) is 4. The summed E-state index contributed by atoms with van der Waals surface area (Å²) < 4.78 is 22.2. The van der Waals surface area contributed by atoms with Crippen LogP contribution in [-0.4, -0.2) is 89.0 Å². The Morgan fingerprint density at radius 1 is 0.476 bits per heavy atom. The molecule has 6 atom stereocenters. The van der Waals surface area contributed by atoms with Crippen LogP contribution in [0.1, 0.15) is 232 Å². The van der Waals surface area contributed by atoms with Crippen molar-refractivity contribution in [3.05, 3.63) is 36.5 Å². The van der Waals surface area contributed by atoms with Crippen LogP contribution in [0.4, 0.5) is 0 Å². The number of rotatable bonds is 44. The van der Waals surface area contributed by atoms with Gasteiger partial charge in [-0.1, -0.05) is 185 Å². The van der Waals surface area contributed by atoms with Crippen LogP contribution >= 0.6 is 0 Å². The monoisotopic (exact) mass is 893 g/mol. The van der Waals surface area contributed by atoms with Crippen LogP contribution in [0.2, 0.25) is 0 Å². The molecule has 0 aromatic heterocycles. The maximum Gasteiger partial charge on any atom is 0.306 e. The molecule has 1 heterocycles. The normalized spacial score (nSPS) is 19.7. The van der Waals surface area contributed by atoms with E-state index in [0.29, 0.717) is 12.8 Å². The van der Waals surface area contributed by atoms with Gasteiger partial charge in [0.2, 0.25) is 0 Å². The maximum atomic E-state index is 12.8. The average Bonchev–Trinajstić information content (AvgIpc) is 3.28. The predicted molar refractivity (Wildman–Crippen MR) is 256 cm³/mol. The zero-order chi connectivity index (χ0) is 45.9. The highest BCUT2D eigenvalue weighted by atomic mass is 16.7. The molecule has 0 spiro atoms. The van der Waals surface area contributed by atoms with Crippen LogP contribution in [0.3, 0.4) is 0 Å². The van der Waals surface area contributed by atoms with Gasteiger partial charge in [0.15, 0.2) is 12.4 Å². The zero-order valence-corrected chi connectivity index (χ0v) is 40.3. The molecule has 0 radical (unpaired) electrons. The molecule has 0 aromatic rings. The third-order valence-electron chi connectivity index (χ3n) is 12.0. The van der Waals surface area contributed by atoms with Gasteiger partial charge >= 0.3 is 11.9 Å². The first kappa shape index (κ1) is 58.9. The summed E-state index contributed by atoms with van der Waals surface area (Å²) >= 11 is 0. The summed E-state index contributed by atoms with van der Waals surface area (Å²) in [7, 11) is 0. The molecule has 368 valence electrons. The van der Waals surface area contributed by atoms with Crippen LogP contribution in [0.15, 0.2) is 36.5 Å². The van der Waals surface area contributed by atoms with Crippen molar-refractivity contribution in [2.24, 2.45) is 0 Å². The quantitative estimate of drug-likeness (QED) is 0.0264. The van der Waals surface area contributed by atoms with Crippen LogP contribution in [0.25, 0.3) is 0 Å². The number of unbranched alkanes of at least 4 members (excludes halogenated alkanes) is 27. The van der Waals surface area contributed by atoms with E-state index >= 15 is 0 Å². The Morgan fingerprint density at radius 3 is 1.33 bits per heavy atom. The number of carbonyl (C=O) groups is 2. The van der Waals surface area contributed by atoms with Gasteiger partial charge in [0.1, 0.15) is 31.0 Å². The first-order chi connectivity index (χ1) is 30.8. The van der Waals surface area contributed by atoms with E-state index in [0.717, 1.165) is 51.4 Å². The molecule has 0 saturated carbocycles. The van der Waals surface area contributed by atoms with E-state index in [1.54, 1.807) is 0 Å². The lowest BCUT2D eigenvalue weighted by atomic mass is 9.99. The van der Waals surface area contributed by atoms with Gasteiger partial charge in [-0.25, -0.2) is 0 Å². The van der Waals surface area contributed by atoms with E-state index in [1.165, 1.54) is 141 Å². The second-order valence-electron chi connectivity index (χ2n) is 18.0. The minimum absolute atomic E-state index is 0.168. The highest BCUT2D eigenvalue weighted by Gasteiger charge is 2.44. The van der Waals surface area contributed by atoms with Crippen LogP contribution in [0, 0.1) is 0 Å². The summed E-state index contributed by atoms with van der Waals surface area (Å²) in [6.45, 7) is 3.40. The summed E-state index contributed by atoms with van der Waals surface area (Å²) in [5.74, 6) is -0.868.